The van der Waals surface area contributed by atoms with E-state index in [1.54, 1.807) is 45.0 Å². The predicted molar refractivity (Wildman–Crippen MR) is 72.1 cm³/mol. The van der Waals surface area contributed by atoms with Crippen molar-refractivity contribution >= 4 is 17.6 Å². The molecule has 0 aliphatic carbocycles. The van der Waals surface area contributed by atoms with Crippen LogP contribution in [0.1, 0.15) is 31.1 Å². The molecule has 0 radical (unpaired) electrons. The van der Waals surface area contributed by atoms with Crippen molar-refractivity contribution < 1.29 is 19.1 Å². The van der Waals surface area contributed by atoms with E-state index in [0.29, 0.717) is 18.8 Å². The van der Waals surface area contributed by atoms with Gasteiger partial charge in [-0.3, -0.25) is 0 Å². The van der Waals surface area contributed by atoms with Crippen LogP contribution < -0.4 is 5.32 Å². The highest BCUT2D eigenvalue weighted by molar-refractivity contribution is 5.90. The molecule has 0 saturated carbocycles. The molecule has 5 nitrogen and oxygen atoms in total. The first-order valence-corrected chi connectivity index (χ1v) is 6.28. The predicted octanol–water partition coefficient (Wildman–Crippen LogP) is 2.23. The number of anilines is 1. The Balaban J connectivity index is 2.61. The first-order valence-electron chi connectivity index (χ1n) is 6.28. The normalized spacial score (nSPS) is 11.5. The fraction of sp³-hybridized carbons (Fsp3) is 0.429. The molecule has 0 bridgehead atoms. The summed E-state index contributed by atoms with van der Waals surface area (Å²) in [7, 11) is 0. The van der Waals surface area contributed by atoms with Crippen LogP contribution in [0.25, 0.3) is 0 Å². The van der Waals surface area contributed by atoms with Crippen LogP contribution in [0.15, 0.2) is 24.3 Å². The second-order valence-electron chi connectivity index (χ2n) is 3.92. The van der Waals surface area contributed by atoms with Gasteiger partial charge in [0.15, 0.2) is 0 Å². The van der Waals surface area contributed by atoms with Crippen LogP contribution in [0, 0.1) is 0 Å². The maximum absolute atomic E-state index is 11.5. The first kappa shape index (κ1) is 15.0. The van der Waals surface area contributed by atoms with E-state index < -0.39 is 6.04 Å². The summed E-state index contributed by atoms with van der Waals surface area (Å²) >= 11 is 0. The van der Waals surface area contributed by atoms with Gasteiger partial charge in [-0.15, -0.1) is 0 Å². The lowest BCUT2D eigenvalue weighted by molar-refractivity contribution is -0.143. The van der Waals surface area contributed by atoms with Crippen LogP contribution in [0.3, 0.4) is 0 Å². The van der Waals surface area contributed by atoms with E-state index in [1.807, 2.05) is 0 Å². The Bertz CT molecular complexity index is 428. The van der Waals surface area contributed by atoms with Gasteiger partial charge in [0.1, 0.15) is 6.04 Å². The summed E-state index contributed by atoms with van der Waals surface area (Å²) in [5.74, 6) is -0.663. The van der Waals surface area contributed by atoms with Gasteiger partial charge in [0, 0.05) is 5.69 Å². The van der Waals surface area contributed by atoms with Crippen molar-refractivity contribution in [3.63, 3.8) is 0 Å². The molecular formula is C14H19NO4. The third kappa shape index (κ3) is 4.62. The number of carbonyl (C=O) groups excluding carboxylic acids is 2. The molecule has 0 amide bonds. The fourth-order valence-corrected chi connectivity index (χ4v) is 1.49. The van der Waals surface area contributed by atoms with Gasteiger partial charge >= 0.3 is 11.9 Å². The van der Waals surface area contributed by atoms with E-state index in [1.165, 1.54) is 0 Å². The van der Waals surface area contributed by atoms with E-state index >= 15 is 0 Å². The Morgan fingerprint density at radius 3 is 2.21 bits per heavy atom. The maximum atomic E-state index is 11.5. The summed E-state index contributed by atoms with van der Waals surface area (Å²) in [5.41, 5.74) is 1.23. The molecule has 5 heteroatoms. The molecule has 0 unspecified atom stereocenters. The van der Waals surface area contributed by atoms with E-state index in [9.17, 15) is 9.59 Å². The van der Waals surface area contributed by atoms with Gasteiger partial charge in [0.05, 0.1) is 18.8 Å². The second-order valence-corrected chi connectivity index (χ2v) is 3.92. The van der Waals surface area contributed by atoms with E-state index in [-0.39, 0.29) is 11.9 Å². The number of rotatable bonds is 6. The van der Waals surface area contributed by atoms with Crippen molar-refractivity contribution in [3.8, 4) is 0 Å². The molecule has 19 heavy (non-hydrogen) atoms. The van der Waals surface area contributed by atoms with Crippen LogP contribution >= 0.6 is 0 Å². The number of nitrogens with one attached hydrogen (secondary N) is 1. The van der Waals surface area contributed by atoms with Crippen LogP contribution in [-0.4, -0.2) is 31.2 Å². The van der Waals surface area contributed by atoms with Crippen LogP contribution in [0.5, 0.6) is 0 Å². The molecule has 0 heterocycles. The van der Waals surface area contributed by atoms with Crippen molar-refractivity contribution in [2.24, 2.45) is 0 Å². The minimum atomic E-state index is -0.437. The first-order chi connectivity index (χ1) is 9.08. The summed E-state index contributed by atoms with van der Waals surface area (Å²) in [6, 6.07) is 6.31. The Hall–Kier alpha value is -2.04. The Morgan fingerprint density at radius 2 is 1.68 bits per heavy atom. The standard InChI is InChI=1S/C14H19NO4/c1-4-18-13(16)10(3)15-12-8-6-11(7-9-12)14(17)19-5-2/h6-10,15H,4-5H2,1-3H3/t10-/m1/s1. The molecule has 0 fully saturated rings. The highest BCUT2D eigenvalue weighted by Crippen LogP contribution is 2.12. The molecule has 1 atom stereocenters. The molecule has 104 valence electrons. The third-order valence-corrected chi connectivity index (χ3v) is 2.42. The van der Waals surface area contributed by atoms with Crippen molar-refractivity contribution in [1.29, 1.82) is 0 Å². The molecule has 0 aromatic heterocycles. The minimum Gasteiger partial charge on any atom is -0.464 e. The van der Waals surface area contributed by atoms with Gasteiger partial charge in [0.2, 0.25) is 0 Å². The van der Waals surface area contributed by atoms with Crippen LogP contribution in [-0.2, 0) is 14.3 Å². The second kappa shape index (κ2) is 7.41. The Labute approximate surface area is 112 Å². The van der Waals surface area contributed by atoms with Gasteiger partial charge in [0.25, 0.3) is 0 Å². The number of benzene rings is 1. The van der Waals surface area contributed by atoms with Gasteiger partial charge in [-0.05, 0) is 45.0 Å². The van der Waals surface area contributed by atoms with Crippen molar-refractivity contribution in [3.05, 3.63) is 29.8 Å². The molecule has 1 aromatic rings. The lowest BCUT2D eigenvalue weighted by Gasteiger charge is -2.14. The number of carbonyl (C=O) groups is 2. The maximum Gasteiger partial charge on any atom is 0.338 e. The topological polar surface area (TPSA) is 64.6 Å². The fourth-order valence-electron chi connectivity index (χ4n) is 1.49. The molecule has 0 spiro atoms. The molecule has 0 aliphatic rings. The monoisotopic (exact) mass is 265 g/mol. The third-order valence-electron chi connectivity index (χ3n) is 2.42. The highest BCUT2D eigenvalue weighted by atomic mass is 16.5. The average Bonchev–Trinajstić information content (AvgIpc) is 2.40. The Morgan fingerprint density at radius 1 is 1.11 bits per heavy atom. The largest absolute Gasteiger partial charge is 0.464 e. The molecule has 0 saturated heterocycles. The van der Waals surface area contributed by atoms with Gasteiger partial charge in [-0.1, -0.05) is 0 Å². The van der Waals surface area contributed by atoms with Gasteiger partial charge in [-0.25, -0.2) is 9.59 Å². The zero-order valence-electron chi connectivity index (χ0n) is 11.4. The molecule has 1 rings (SSSR count). The van der Waals surface area contributed by atoms with E-state index in [4.69, 9.17) is 9.47 Å². The molecule has 0 aliphatic heterocycles. The molecular weight excluding hydrogens is 246 g/mol. The van der Waals surface area contributed by atoms with Gasteiger partial charge in [-0.2, -0.15) is 0 Å². The average molecular weight is 265 g/mol. The number of ether oxygens (including phenoxy) is 2. The smallest absolute Gasteiger partial charge is 0.338 e. The number of hydrogen-bond donors (Lipinski definition) is 1. The lowest BCUT2D eigenvalue weighted by Crippen LogP contribution is -2.28. The number of hydrogen-bond acceptors (Lipinski definition) is 5. The minimum absolute atomic E-state index is 0.308. The van der Waals surface area contributed by atoms with Crippen LogP contribution in [0.2, 0.25) is 0 Å². The van der Waals surface area contributed by atoms with Gasteiger partial charge < -0.3 is 14.8 Å². The number of esters is 2. The zero-order valence-corrected chi connectivity index (χ0v) is 11.4. The van der Waals surface area contributed by atoms with E-state index in [0.717, 1.165) is 5.69 Å². The summed E-state index contributed by atoms with van der Waals surface area (Å²) < 4.78 is 9.78. The van der Waals surface area contributed by atoms with Crippen LogP contribution in [0.4, 0.5) is 5.69 Å². The lowest BCUT2D eigenvalue weighted by atomic mass is 10.2. The van der Waals surface area contributed by atoms with Crippen molar-refractivity contribution in [2.45, 2.75) is 26.8 Å². The quantitative estimate of drug-likeness (QED) is 0.799. The zero-order chi connectivity index (χ0) is 14.3. The Kier molecular flexibility index (Phi) is 5.85. The summed E-state index contributed by atoms with van der Waals surface area (Å²) in [4.78, 5) is 22.9. The summed E-state index contributed by atoms with van der Waals surface area (Å²) in [6.45, 7) is 5.94. The summed E-state index contributed by atoms with van der Waals surface area (Å²) in [6.07, 6.45) is 0. The molecule has 1 N–H and O–H groups in total. The highest BCUT2D eigenvalue weighted by Gasteiger charge is 2.13. The van der Waals surface area contributed by atoms with Crippen molar-refractivity contribution in [1.82, 2.24) is 0 Å². The summed E-state index contributed by atoms with van der Waals surface area (Å²) in [5, 5.41) is 3.00. The molecule has 1 aromatic carbocycles. The van der Waals surface area contributed by atoms with E-state index in [2.05, 4.69) is 5.32 Å². The van der Waals surface area contributed by atoms with Crippen molar-refractivity contribution in [2.75, 3.05) is 18.5 Å². The SMILES string of the molecule is CCOC(=O)c1ccc(N[C@H](C)C(=O)OCC)cc1.